The molecule has 2 atom stereocenters. The fourth-order valence-electron chi connectivity index (χ4n) is 4.59. The predicted octanol–water partition coefficient (Wildman–Crippen LogP) is 4.06. The minimum absolute atomic E-state index is 0.0248. The van der Waals surface area contributed by atoms with Crippen molar-refractivity contribution in [3.05, 3.63) is 35.7 Å². The van der Waals surface area contributed by atoms with Gasteiger partial charge in [0.1, 0.15) is 29.5 Å². The summed E-state index contributed by atoms with van der Waals surface area (Å²) in [5, 5.41) is 6.55. The van der Waals surface area contributed by atoms with E-state index in [-0.39, 0.29) is 19.2 Å². The minimum atomic E-state index is -1.13. The third-order valence-corrected chi connectivity index (χ3v) is 6.48. The van der Waals surface area contributed by atoms with Crippen molar-refractivity contribution in [2.75, 3.05) is 57.6 Å². The van der Waals surface area contributed by atoms with E-state index < -0.39 is 23.8 Å². The van der Waals surface area contributed by atoms with Gasteiger partial charge in [-0.3, -0.25) is 0 Å². The number of nitrogens with zero attached hydrogens (tertiary/aromatic N) is 4. The Morgan fingerprint density at radius 1 is 1.18 bits per heavy atom. The number of rotatable bonds is 16. The lowest BCUT2D eigenvalue weighted by molar-refractivity contribution is -0.156. The number of hydrogen-bond donors (Lipinski definition) is 2. The van der Waals surface area contributed by atoms with Gasteiger partial charge in [0.05, 0.1) is 13.7 Å². The number of anilines is 2. The number of ether oxygens (including phenoxy) is 3. The molecule has 0 saturated heterocycles. The predicted molar refractivity (Wildman–Crippen MR) is 154 cm³/mol. The Balaban J connectivity index is 1.61. The molecule has 0 bridgehead atoms. The van der Waals surface area contributed by atoms with E-state index >= 15 is 0 Å². The number of carbonyl (C=O) groups excluding carboxylic acids is 1. The number of pyridine rings is 1. The Labute approximate surface area is 237 Å². The second kappa shape index (κ2) is 15.7. The minimum Gasteiger partial charge on any atom is -0.467 e. The lowest BCUT2D eigenvalue weighted by atomic mass is 10.1. The van der Waals surface area contributed by atoms with Gasteiger partial charge in [-0.2, -0.15) is 4.98 Å². The molecular weight excluding hydrogens is 515 g/mol. The summed E-state index contributed by atoms with van der Waals surface area (Å²) in [5.41, 5.74) is 1.70. The second-order valence-electron chi connectivity index (χ2n) is 11.1. The molecule has 3 rings (SSSR count). The summed E-state index contributed by atoms with van der Waals surface area (Å²) in [6.45, 7) is 7.87. The lowest BCUT2D eigenvalue weighted by Crippen LogP contribution is -2.41. The molecule has 1 aliphatic rings. The third kappa shape index (κ3) is 10.8. The maximum Gasteiger partial charge on any atom is 0.329 e. The van der Waals surface area contributed by atoms with Gasteiger partial charge in [0.25, 0.3) is 0 Å². The normalized spacial score (nSPS) is 14.7. The number of methoxy groups -OCH3 is 2. The maximum absolute atomic E-state index is 14.6. The number of carbonyl (C=O) groups is 1. The first-order valence-electron chi connectivity index (χ1n) is 14.1. The van der Waals surface area contributed by atoms with E-state index in [1.807, 2.05) is 25.7 Å². The van der Waals surface area contributed by atoms with Crippen molar-refractivity contribution in [1.29, 1.82) is 0 Å². The highest BCUT2D eigenvalue weighted by molar-refractivity contribution is 5.79. The highest BCUT2D eigenvalue weighted by atomic mass is 19.1. The molecule has 2 N–H and O–H groups in total. The van der Waals surface area contributed by atoms with E-state index in [9.17, 15) is 9.18 Å². The monoisotopic (exact) mass is 560 g/mol. The number of unbranched alkanes of at least 4 members (excludes halogenated alkanes) is 1. The molecule has 3 heterocycles. The molecule has 0 fully saturated rings. The van der Waals surface area contributed by atoms with Gasteiger partial charge in [0.15, 0.2) is 0 Å². The number of fused-ring (bicyclic) bond motifs is 1. The fourth-order valence-corrected chi connectivity index (χ4v) is 4.59. The number of aryl methyl sites for hydroxylation is 2. The van der Waals surface area contributed by atoms with Crippen molar-refractivity contribution in [2.24, 2.45) is 0 Å². The van der Waals surface area contributed by atoms with Crippen molar-refractivity contribution < 1.29 is 23.4 Å². The molecule has 0 amide bonds. The maximum atomic E-state index is 14.6. The lowest BCUT2D eigenvalue weighted by Gasteiger charge is -2.28. The van der Waals surface area contributed by atoms with E-state index in [1.54, 1.807) is 12.3 Å². The van der Waals surface area contributed by atoms with Crippen LogP contribution in [0, 0.1) is 0 Å². The molecule has 0 spiro atoms. The summed E-state index contributed by atoms with van der Waals surface area (Å²) in [7, 11) is 2.98. The van der Waals surface area contributed by atoms with Crippen LogP contribution in [0.25, 0.3) is 0 Å². The molecule has 0 radical (unpaired) electrons. The molecule has 2 aromatic heterocycles. The molecule has 0 saturated carbocycles. The van der Waals surface area contributed by atoms with Crippen LogP contribution in [0.15, 0.2) is 24.4 Å². The van der Waals surface area contributed by atoms with Gasteiger partial charge in [0.2, 0.25) is 0 Å². The molecule has 1 aliphatic heterocycles. The summed E-state index contributed by atoms with van der Waals surface area (Å²) in [5.74, 6) is 1.06. The highest BCUT2D eigenvalue weighted by Crippen LogP contribution is 2.21. The Bertz CT molecular complexity index is 1070. The van der Waals surface area contributed by atoms with Gasteiger partial charge in [-0.05, 0) is 83.5 Å². The summed E-state index contributed by atoms with van der Waals surface area (Å²) in [4.78, 5) is 28.2. The Morgan fingerprint density at radius 2 is 2.00 bits per heavy atom. The first-order chi connectivity index (χ1) is 19.2. The number of nitrogens with one attached hydrogen (secondary N) is 2. The first kappa shape index (κ1) is 31.5. The van der Waals surface area contributed by atoms with E-state index in [4.69, 9.17) is 19.2 Å². The third-order valence-electron chi connectivity index (χ3n) is 6.48. The zero-order valence-electron chi connectivity index (χ0n) is 24.5. The first-order valence-corrected chi connectivity index (χ1v) is 14.1. The molecule has 40 heavy (non-hydrogen) atoms. The fraction of sp³-hybridized carbons (Fsp3) is 0.655. The van der Waals surface area contributed by atoms with E-state index in [1.165, 1.54) is 19.8 Å². The molecule has 222 valence electrons. The van der Waals surface area contributed by atoms with E-state index in [0.29, 0.717) is 25.3 Å². The average Bonchev–Trinajstić information content (AvgIpc) is 2.92. The van der Waals surface area contributed by atoms with E-state index in [2.05, 4.69) is 32.7 Å². The summed E-state index contributed by atoms with van der Waals surface area (Å²) < 4.78 is 30.4. The van der Waals surface area contributed by atoms with Crippen LogP contribution in [0.2, 0.25) is 0 Å². The topological polar surface area (TPSA) is 111 Å². The SMILES string of the molecule is COC[C@@H](F)CN(CCCCc1ccc2c(n1)NCCC2)CC[C@H](Nc1ccnc(OC)n1)C(=O)OC(C)(C)C. The zero-order valence-corrected chi connectivity index (χ0v) is 24.5. The Kier molecular flexibility index (Phi) is 12.3. The number of halogens is 1. The smallest absolute Gasteiger partial charge is 0.329 e. The van der Waals surface area contributed by atoms with Gasteiger partial charge in [0, 0.05) is 38.6 Å². The van der Waals surface area contributed by atoms with Crippen LogP contribution < -0.4 is 15.4 Å². The molecule has 0 aliphatic carbocycles. The van der Waals surface area contributed by atoms with Crippen LogP contribution in [-0.2, 0) is 27.1 Å². The van der Waals surface area contributed by atoms with Crippen molar-refractivity contribution in [3.8, 4) is 6.01 Å². The van der Waals surface area contributed by atoms with Crippen molar-refractivity contribution in [2.45, 2.75) is 77.1 Å². The zero-order chi connectivity index (χ0) is 29.0. The molecular formula is C29H45FN6O4. The van der Waals surface area contributed by atoms with Crippen LogP contribution in [0.5, 0.6) is 6.01 Å². The standard InChI is InChI=1S/C29H45FN6O4/c1-29(2,3)40-27(37)24(34-25-13-16-32-28(35-25)39-5)14-18-36(19-22(30)20-38-4)17-7-6-10-23-12-11-21-9-8-15-31-26(21)33-23/h11-13,16,22,24H,6-10,14-15,17-20H2,1-5H3,(H,31,33)(H,32,34,35)/t22-,24-/m0/s1. The Hall–Kier alpha value is -3.05. The Morgan fingerprint density at radius 3 is 2.75 bits per heavy atom. The summed E-state index contributed by atoms with van der Waals surface area (Å²) >= 11 is 0. The van der Waals surface area contributed by atoms with Crippen LogP contribution >= 0.6 is 0 Å². The van der Waals surface area contributed by atoms with Gasteiger partial charge in [-0.1, -0.05) is 6.07 Å². The number of alkyl halides is 1. The number of hydrogen-bond acceptors (Lipinski definition) is 10. The number of aromatic nitrogens is 3. The molecule has 2 aromatic rings. The number of esters is 1. The van der Waals surface area contributed by atoms with Crippen molar-refractivity contribution >= 4 is 17.6 Å². The molecule has 10 nitrogen and oxygen atoms in total. The highest BCUT2D eigenvalue weighted by Gasteiger charge is 2.27. The summed E-state index contributed by atoms with van der Waals surface area (Å²) in [6, 6.07) is 5.45. The van der Waals surface area contributed by atoms with Crippen molar-refractivity contribution in [3.63, 3.8) is 0 Å². The van der Waals surface area contributed by atoms with Gasteiger partial charge >= 0.3 is 12.0 Å². The van der Waals surface area contributed by atoms with Gasteiger partial charge in [-0.15, -0.1) is 0 Å². The molecule has 0 unspecified atom stereocenters. The van der Waals surface area contributed by atoms with Crippen LogP contribution in [-0.4, -0.2) is 90.6 Å². The molecule has 0 aromatic carbocycles. The van der Waals surface area contributed by atoms with E-state index in [0.717, 1.165) is 50.2 Å². The van der Waals surface area contributed by atoms with Crippen LogP contribution in [0.4, 0.5) is 16.0 Å². The largest absolute Gasteiger partial charge is 0.467 e. The quantitative estimate of drug-likeness (QED) is 0.230. The summed E-state index contributed by atoms with van der Waals surface area (Å²) in [6.07, 6.45) is 5.70. The van der Waals surface area contributed by atoms with Crippen LogP contribution in [0.1, 0.15) is 57.7 Å². The second-order valence-corrected chi connectivity index (χ2v) is 11.1. The van der Waals surface area contributed by atoms with Crippen LogP contribution in [0.3, 0.4) is 0 Å². The average molecular weight is 561 g/mol. The van der Waals surface area contributed by atoms with Gasteiger partial charge in [-0.25, -0.2) is 19.2 Å². The molecule has 11 heteroatoms. The van der Waals surface area contributed by atoms with Gasteiger partial charge < -0.3 is 29.7 Å². The van der Waals surface area contributed by atoms with Crippen molar-refractivity contribution in [1.82, 2.24) is 19.9 Å².